The standard InChI is InChI=1S/C15H30NO2/c1-6-7-8-11-16(4,5)12-9-10-13-18-15(17)14(2)3/h2,6-13H2,1,3-5H3/q+1. The summed E-state index contributed by atoms with van der Waals surface area (Å²) in [5.74, 6) is -0.272. The Morgan fingerprint density at radius 1 is 1.11 bits per heavy atom. The summed E-state index contributed by atoms with van der Waals surface area (Å²) in [6.45, 7) is 10.4. The summed E-state index contributed by atoms with van der Waals surface area (Å²) in [6, 6.07) is 0. The number of rotatable bonds is 10. The number of hydrogen-bond acceptors (Lipinski definition) is 2. The molecule has 0 aliphatic rings. The topological polar surface area (TPSA) is 26.3 Å². The van der Waals surface area contributed by atoms with Crippen LogP contribution in [0.1, 0.15) is 46.0 Å². The van der Waals surface area contributed by atoms with Gasteiger partial charge in [-0.3, -0.25) is 0 Å². The molecule has 0 rings (SSSR count). The number of carbonyl (C=O) groups excluding carboxylic acids is 1. The summed E-state index contributed by atoms with van der Waals surface area (Å²) in [6.07, 6.45) is 5.93. The minimum absolute atomic E-state index is 0.272. The number of ether oxygens (including phenoxy) is 1. The summed E-state index contributed by atoms with van der Waals surface area (Å²) >= 11 is 0. The molecule has 0 fully saturated rings. The summed E-state index contributed by atoms with van der Waals surface area (Å²) in [4.78, 5) is 11.2. The van der Waals surface area contributed by atoms with E-state index in [1.54, 1.807) is 6.92 Å². The molecular formula is C15H30NO2+. The minimum Gasteiger partial charge on any atom is -0.462 e. The van der Waals surface area contributed by atoms with Crippen LogP contribution in [0.15, 0.2) is 12.2 Å². The van der Waals surface area contributed by atoms with Crippen LogP contribution in [-0.4, -0.2) is 44.2 Å². The Kier molecular flexibility index (Phi) is 8.73. The van der Waals surface area contributed by atoms with Crippen LogP contribution in [0.3, 0.4) is 0 Å². The van der Waals surface area contributed by atoms with Crippen LogP contribution in [0.25, 0.3) is 0 Å². The second-order valence-corrected chi connectivity index (χ2v) is 5.71. The molecule has 0 aliphatic carbocycles. The lowest BCUT2D eigenvalue weighted by Gasteiger charge is -2.29. The van der Waals surface area contributed by atoms with Crippen LogP contribution in [0, 0.1) is 0 Å². The van der Waals surface area contributed by atoms with Crippen molar-refractivity contribution in [3.05, 3.63) is 12.2 Å². The third kappa shape index (κ3) is 9.23. The van der Waals surface area contributed by atoms with Crippen LogP contribution in [-0.2, 0) is 9.53 Å². The van der Waals surface area contributed by atoms with Crippen molar-refractivity contribution in [3.8, 4) is 0 Å². The predicted molar refractivity (Wildman–Crippen MR) is 76.4 cm³/mol. The quantitative estimate of drug-likeness (QED) is 0.260. The Morgan fingerprint density at radius 2 is 1.67 bits per heavy atom. The van der Waals surface area contributed by atoms with Gasteiger partial charge in [0.25, 0.3) is 0 Å². The molecule has 106 valence electrons. The van der Waals surface area contributed by atoms with Gasteiger partial charge in [-0.25, -0.2) is 4.79 Å². The molecule has 0 heterocycles. The van der Waals surface area contributed by atoms with E-state index in [0.29, 0.717) is 12.2 Å². The number of nitrogens with zero attached hydrogens (tertiary/aromatic N) is 1. The molecule has 18 heavy (non-hydrogen) atoms. The summed E-state index contributed by atoms with van der Waals surface area (Å²) in [7, 11) is 4.55. The van der Waals surface area contributed by atoms with E-state index in [4.69, 9.17) is 4.74 Å². The first-order valence-electron chi connectivity index (χ1n) is 7.03. The molecule has 0 N–H and O–H groups in total. The molecular weight excluding hydrogens is 226 g/mol. The smallest absolute Gasteiger partial charge is 0.333 e. The van der Waals surface area contributed by atoms with E-state index in [1.165, 1.54) is 25.8 Å². The number of esters is 1. The van der Waals surface area contributed by atoms with E-state index in [-0.39, 0.29) is 5.97 Å². The maximum atomic E-state index is 11.2. The van der Waals surface area contributed by atoms with Crippen molar-refractivity contribution >= 4 is 5.97 Å². The van der Waals surface area contributed by atoms with Crippen molar-refractivity contribution in [1.82, 2.24) is 0 Å². The Balaban J connectivity index is 3.58. The lowest BCUT2D eigenvalue weighted by atomic mass is 10.2. The van der Waals surface area contributed by atoms with E-state index in [0.717, 1.165) is 23.9 Å². The highest BCUT2D eigenvalue weighted by atomic mass is 16.5. The number of unbranched alkanes of at least 4 members (excludes halogenated alkanes) is 3. The van der Waals surface area contributed by atoms with Gasteiger partial charge in [0, 0.05) is 5.57 Å². The third-order valence-corrected chi connectivity index (χ3v) is 3.11. The lowest BCUT2D eigenvalue weighted by Crippen LogP contribution is -2.41. The molecule has 0 spiro atoms. The highest BCUT2D eigenvalue weighted by molar-refractivity contribution is 5.86. The monoisotopic (exact) mass is 256 g/mol. The first-order valence-corrected chi connectivity index (χ1v) is 7.03. The third-order valence-electron chi connectivity index (χ3n) is 3.11. The molecule has 0 saturated heterocycles. The Labute approximate surface area is 112 Å². The van der Waals surface area contributed by atoms with Crippen molar-refractivity contribution < 1.29 is 14.0 Å². The van der Waals surface area contributed by atoms with Crippen LogP contribution >= 0.6 is 0 Å². The van der Waals surface area contributed by atoms with Crippen molar-refractivity contribution in [2.24, 2.45) is 0 Å². The van der Waals surface area contributed by atoms with Gasteiger partial charge in [0.1, 0.15) is 0 Å². The van der Waals surface area contributed by atoms with Crippen molar-refractivity contribution in [2.45, 2.75) is 46.0 Å². The molecule has 0 aromatic rings. The zero-order valence-electron chi connectivity index (χ0n) is 12.6. The molecule has 0 atom stereocenters. The van der Waals surface area contributed by atoms with Gasteiger partial charge in [-0.05, 0) is 32.6 Å². The van der Waals surface area contributed by atoms with Gasteiger partial charge in [-0.1, -0.05) is 19.9 Å². The molecule has 0 unspecified atom stereocenters. The second-order valence-electron chi connectivity index (χ2n) is 5.71. The van der Waals surface area contributed by atoms with Crippen molar-refractivity contribution in [2.75, 3.05) is 33.8 Å². The van der Waals surface area contributed by atoms with E-state index in [2.05, 4.69) is 27.6 Å². The largest absolute Gasteiger partial charge is 0.462 e. The van der Waals surface area contributed by atoms with Gasteiger partial charge in [-0.2, -0.15) is 0 Å². The van der Waals surface area contributed by atoms with E-state index in [9.17, 15) is 4.79 Å². The van der Waals surface area contributed by atoms with E-state index >= 15 is 0 Å². The maximum absolute atomic E-state index is 11.2. The van der Waals surface area contributed by atoms with Crippen LogP contribution < -0.4 is 0 Å². The Hall–Kier alpha value is -0.830. The fraction of sp³-hybridized carbons (Fsp3) is 0.800. The van der Waals surface area contributed by atoms with Gasteiger partial charge in [0.15, 0.2) is 0 Å². The maximum Gasteiger partial charge on any atom is 0.333 e. The number of carbonyl (C=O) groups is 1. The fourth-order valence-corrected chi connectivity index (χ4v) is 1.83. The zero-order chi connectivity index (χ0) is 14.0. The fourth-order valence-electron chi connectivity index (χ4n) is 1.83. The minimum atomic E-state index is -0.272. The first kappa shape index (κ1) is 17.2. The van der Waals surface area contributed by atoms with Gasteiger partial charge in [-0.15, -0.1) is 0 Å². The summed E-state index contributed by atoms with van der Waals surface area (Å²) in [5.41, 5.74) is 0.477. The molecule has 0 aromatic carbocycles. The predicted octanol–water partition coefficient (Wildman–Crippen LogP) is 3.15. The van der Waals surface area contributed by atoms with Gasteiger partial charge < -0.3 is 9.22 Å². The van der Waals surface area contributed by atoms with Gasteiger partial charge >= 0.3 is 5.97 Å². The first-order chi connectivity index (χ1) is 8.39. The Bertz CT molecular complexity index is 259. The van der Waals surface area contributed by atoms with Crippen LogP contribution in [0.5, 0.6) is 0 Å². The molecule has 0 bridgehead atoms. The highest BCUT2D eigenvalue weighted by Gasteiger charge is 2.13. The molecule has 0 amide bonds. The zero-order valence-corrected chi connectivity index (χ0v) is 12.6. The van der Waals surface area contributed by atoms with Crippen molar-refractivity contribution in [1.29, 1.82) is 0 Å². The highest BCUT2D eigenvalue weighted by Crippen LogP contribution is 2.06. The normalized spacial score (nSPS) is 11.3. The molecule has 3 heteroatoms. The van der Waals surface area contributed by atoms with E-state index in [1.807, 2.05) is 0 Å². The van der Waals surface area contributed by atoms with Gasteiger partial charge in [0.2, 0.25) is 0 Å². The van der Waals surface area contributed by atoms with Crippen LogP contribution in [0.4, 0.5) is 0 Å². The molecule has 0 saturated carbocycles. The SMILES string of the molecule is C=C(C)C(=O)OCCCC[N+](C)(C)CCCCC. The molecule has 3 nitrogen and oxygen atoms in total. The molecule has 0 aromatic heterocycles. The van der Waals surface area contributed by atoms with E-state index < -0.39 is 0 Å². The average molecular weight is 256 g/mol. The van der Waals surface area contributed by atoms with Gasteiger partial charge in [0.05, 0.1) is 33.8 Å². The average Bonchev–Trinajstić information content (AvgIpc) is 2.28. The number of hydrogen-bond donors (Lipinski definition) is 0. The Morgan fingerprint density at radius 3 is 2.17 bits per heavy atom. The van der Waals surface area contributed by atoms with Crippen LogP contribution in [0.2, 0.25) is 0 Å². The van der Waals surface area contributed by atoms with Crippen molar-refractivity contribution in [3.63, 3.8) is 0 Å². The second kappa shape index (κ2) is 9.15. The molecule has 0 radical (unpaired) electrons. The molecule has 0 aliphatic heterocycles. The lowest BCUT2D eigenvalue weighted by molar-refractivity contribution is -0.890. The number of quaternary nitrogens is 1. The summed E-state index contributed by atoms with van der Waals surface area (Å²) in [5, 5.41) is 0. The summed E-state index contributed by atoms with van der Waals surface area (Å²) < 4.78 is 6.14.